The molecular formula is C15H24N4O2. The van der Waals surface area contributed by atoms with Gasteiger partial charge in [0.25, 0.3) is 0 Å². The molecule has 0 atom stereocenters. The topological polar surface area (TPSA) is 78.1 Å². The number of nitrogens with one attached hydrogen (secondary N) is 2. The predicted octanol–water partition coefficient (Wildman–Crippen LogP) is 2.26. The number of rotatable bonds is 4. The zero-order chi connectivity index (χ0) is 15.2. The third kappa shape index (κ3) is 4.58. The zero-order valence-electron chi connectivity index (χ0n) is 12.8. The minimum Gasteiger partial charge on any atom is -0.333 e. The van der Waals surface area contributed by atoms with Gasteiger partial charge in [-0.15, -0.1) is 0 Å². The second-order valence-corrected chi connectivity index (χ2v) is 5.89. The van der Waals surface area contributed by atoms with Crippen LogP contribution in [0.1, 0.15) is 57.6 Å². The number of anilines is 1. The van der Waals surface area contributed by atoms with Gasteiger partial charge in [-0.2, -0.15) is 5.10 Å². The smallest absolute Gasteiger partial charge is 0.245 e. The van der Waals surface area contributed by atoms with Crippen molar-refractivity contribution < 1.29 is 9.59 Å². The Morgan fingerprint density at radius 3 is 2.86 bits per heavy atom. The molecule has 2 amide bonds. The van der Waals surface area contributed by atoms with Gasteiger partial charge in [0.1, 0.15) is 0 Å². The second-order valence-electron chi connectivity index (χ2n) is 5.89. The van der Waals surface area contributed by atoms with Crippen LogP contribution >= 0.6 is 0 Å². The molecular weight excluding hydrogens is 268 g/mol. The molecule has 0 unspecified atom stereocenters. The molecule has 0 spiro atoms. The van der Waals surface area contributed by atoms with Crippen LogP contribution in [-0.2, 0) is 9.59 Å². The van der Waals surface area contributed by atoms with E-state index in [9.17, 15) is 9.59 Å². The number of aromatic amines is 1. The van der Waals surface area contributed by atoms with Crippen LogP contribution in [0.15, 0.2) is 6.07 Å². The Labute approximate surface area is 125 Å². The average Bonchev–Trinajstić information content (AvgIpc) is 2.87. The first kappa shape index (κ1) is 15.5. The fraction of sp³-hybridized carbons (Fsp3) is 0.667. The van der Waals surface area contributed by atoms with E-state index in [1.807, 2.05) is 6.07 Å². The van der Waals surface area contributed by atoms with Crippen LogP contribution in [-0.4, -0.2) is 40.0 Å². The van der Waals surface area contributed by atoms with E-state index < -0.39 is 0 Å². The largest absolute Gasteiger partial charge is 0.333 e. The molecule has 1 aromatic rings. The third-order valence-electron chi connectivity index (χ3n) is 3.74. The molecule has 0 saturated carbocycles. The van der Waals surface area contributed by atoms with Crippen molar-refractivity contribution >= 4 is 17.6 Å². The summed E-state index contributed by atoms with van der Waals surface area (Å²) in [6.45, 7) is 4.89. The number of likely N-dealkylation sites (tertiary alicyclic amines) is 1. The Morgan fingerprint density at radius 2 is 2.14 bits per heavy atom. The van der Waals surface area contributed by atoms with Crippen molar-refractivity contribution in [3.63, 3.8) is 0 Å². The van der Waals surface area contributed by atoms with E-state index in [0.29, 0.717) is 24.7 Å². The third-order valence-corrected chi connectivity index (χ3v) is 3.74. The standard InChI is InChI=1S/C15H24N4O2/c1-11(2)12-9-13(18-17-12)16-14(20)10-19-8-6-4-3-5-7-15(19)21/h9,11H,3-8,10H2,1-2H3,(H2,16,17,18,20). The van der Waals surface area contributed by atoms with Gasteiger partial charge in [0, 0.05) is 24.7 Å². The molecule has 0 radical (unpaired) electrons. The van der Waals surface area contributed by atoms with Crippen LogP contribution < -0.4 is 5.32 Å². The van der Waals surface area contributed by atoms with Crippen molar-refractivity contribution in [2.24, 2.45) is 0 Å². The minimum atomic E-state index is -0.189. The molecule has 0 aliphatic carbocycles. The first-order chi connectivity index (χ1) is 10.1. The van der Waals surface area contributed by atoms with E-state index in [1.54, 1.807) is 4.90 Å². The van der Waals surface area contributed by atoms with Crippen LogP contribution in [0.2, 0.25) is 0 Å². The fourth-order valence-electron chi connectivity index (χ4n) is 2.43. The highest BCUT2D eigenvalue weighted by atomic mass is 16.2. The molecule has 1 aliphatic heterocycles. The van der Waals surface area contributed by atoms with Crippen molar-refractivity contribution in [2.45, 2.75) is 51.9 Å². The molecule has 21 heavy (non-hydrogen) atoms. The summed E-state index contributed by atoms with van der Waals surface area (Å²) in [4.78, 5) is 25.7. The molecule has 0 bridgehead atoms. The molecule has 0 aromatic carbocycles. The summed E-state index contributed by atoms with van der Waals surface area (Å²) in [5.74, 6) is 0.739. The Balaban J connectivity index is 1.88. The van der Waals surface area contributed by atoms with Gasteiger partial charge in [-0.3, -0.25) is 14.7 Å². The number of amides is 2. The predicted molar refractivity (Wildman–Crippen MR) is 81.0 cm³/mol. The second kappa shape index (κ2) is 7.24. The maximum atomic E-state index is 12.0. The quantitative estimate of drug-likeness (QED) is 0.893. The summed E-state index contributed by atoms with van der Waals surface area (Å²) in [7, 11) is 0. The van der Waals surface area contributed by atoms with Gasteiger partial charge >= 0.3 is 0 Å². The number of H-pyrrole nitrogens is 1. The van der Waals surface area contributed by atoms with Crippen LogP contribution in [0.4, 0.5) is 5.82 Å². The van der Waals surface area contributed by atoms with E-state index in [1.165, 1.54) is 0 Å². The van der Waals surface area contributed by atoms with Crippen molar-refractivity contribution in [3.05, 3.63) is 11.8 Å². The van der Waals surface area contributed by atoms with Crippen LogP contribution in [0.5, 0.6) is 0 Å². The fourth-order valence-corrected chi connectivity index (χ4v) is 2.43. The van der Waals surface area contributed by atoms with Crippen molar-refractivity contribution in [3.8, 4) is 0 Å². The van der Waals surface area contributed by atoms with Crippen LogP contribution in [0, 0.1) is 0 Å². The Bertz CT molecular complexity index is 496. The van der Waals surface area contributed by atoms with Gasteiger partial charge in [0.2, 0.25) is 11.8 Å². The van der Waals surface area contributed by atoms with Gasteiger partial charge in [-0.05, 0) is 18.8 Å². The molecule has 2 heterocycles. The summed E-state index contributed by atoms with van der Waals surface area (Å²) >= 11 is 0. The molecule has 1 aromatic heterocycles. The Kier molecular flexibility index (Phi) is 5.36. The lowest BCUT2D eigenvalue weighted by atomic mass is 10.1. The number of carbonyl (C=O) groups is 2. The van der Waals surface area contributed by atoms with E-state index in [-0.39, 0.29) is 18.4 Å². The van der Waals surface area contributed by atoms with Crippen molar-refractivity contribution in [2.75, 3.05) is 18.4 Å². The summed E-state index contributed by atoms with van der Waals surface area (Å²) in [5.41, 5.74) is 0.979. The molecule has 1 fully saturated rings. The Morgan fingerprint density at radius 1 is 1.38 bits per heavy atom. The number of hydrogen-bond acceptors (Lipinski definition) is 3. The number of nitrogens with zero attached hydrogens (tertiary/aromatic N) is 2. The van der Waals surface area contributed by atoms with Gasteiger partial charge in [-0.25, -0.2) is 0 Å². The molecule has 1 saturated heterocycles. The van der Waals surface area contributed by atoms with Gasteiger partial charge in [-0.1, -0.05) is 26.7 Å². The highest BCUT2D eigenvalue weighted by Crippen LogP contribution is 2.15. The summed E-state index contributed by atoms with van der Waals surface area (Å²) in [5, 5.41) is 9.70. The maximum absolute atomic E-state index is 12.0. The SMILES string of the molecule is CC(C)c1cc(NC(=O)CN2CCCCCCC2=O)n[nH]1. The molecule has 6 heteroatoms. The summed E-state index contributed by atoms with van der Waals surface area (Å²) < 4.78 is 0. The summed E-state index contributed by atoms with van der Waals surface area (Å²) in [6, 6.07) is 1.83. The zero-order valence-corrected chi connectivity index (χ0v) is 12.8. The Hall–Kier alpha value is -1.85. The highest BCUT2D eigenvalue weighted by molar-refractivity contribution is 5.93. The number of aromatic nitrogens is 2. The highest BCUT2D eigenvalue weighted by Gasteiger charge is 2.19. The monoisotopic (exact) mass is 292 g/mol. The molecule has 2 N–H and O–H groups in total. The lowest BCUT2D eigenvalue weighted by molar-refractivity contribution is -0.135. The first-order valence-electron chi connectivity index (χ1n) is 7.69. The van der Waals surface area contributed by atoms with Gasteiger partial charge < -0.3 is 10.2 Å². The van der Waals surface area contributed by atoms with E-state index in [4.69, 9.17) is 0 Å². The first-order valence-corrected chi connectivity index (χ1v) is 7.69. The average molecular weight is 292 g/mol. The van der Waals surface area contributed by atoms with Crippen LogP contribution in [0.3, 0.4) is 0 Å². The molecule has 1 aliphatic rings. The van der Waals surface area contributed by atoms with Crippen molar-refractivity contribution in [1.82, 2.24) is 15.1 Å². The van der Waals surface area contributed by atoms with Gasteiger partial charge in [0.15, 0.2) is 5.82 Å². The van der Waals surface area contributed by atoms with Crippen molar-refractivity contribution in [1.29, 1.82) is 0 Å². The minimum absolute atomic E-state index is 0.0785. The molecule has 116 valence electrons. The van der Waals surface area contributed by atoms with E-state index in [0.717, 1.165) is 31.4 Å². The molecule has 6 nitrogen and oxygen atoms in total. The molecule has 2 rings (SSSR count). The van der Waals surface area contributed by atoms with Crippen LogP contribution in [0.25, 0.3) is 0 Å². The number of carbonyl (C=O) groups excluding carboxylic acids is 2. The van der Waals surface area contributed by atoms with Gasteiger partial charge in [0.05, 0.1) is 6.54 Å². The lowest BCUT2D eigenvalue weighted by Crippen LogP contribution is -2.39. The maximum Gasteiger partial charge on any atom is 0.245 e. The van der Waals surface area contributed by atoms with E-state index in [2.05, 4.69) is 29.4 Å². The van der Waals surface area contributed by atoms with E-state index >= 15 is 0 Å². The normalized spacial score (nSPS) is 16.7. The number of hydrogen-bond donors (Lipinski definition) is 2. The lowest BCUT2D eigenvalue weighted by Gasteiger charge is -2.23. The summed E-state index contributed by atoms with van der Waals surface area (Å²) in [6.07, 6.45) is 4.68.